The van der Waals surface area contributed by atoms with E-state index in [0.717, 1.165) is 117 Å². The molecule has 7 amide bonds. The highest BCUT2D eigenvalue weighted by Gasteiger charge is 2.54. The van der Waals surface area contributed by atoms with Gasteiger partial charge in [0.2, 0.25) is 29.5 Å². The molecule has 8 rings (SSSR count). The molecule has 18 heteroatoms. The smallest absolute Gasteiger partial charge is 0.320 e. The first-order valence-electron chi connectivity index (χ1n) is 22.2. The minimum atomic E-state index is -0.870. The lowest BCUT2D eigenvalue weighted by Crippen LogP contribution is -2.67. The van der Waals surface area contributed by atoms with Crippen molar-refractivity contribution in [2.45, 2.75) is 119 Å². The second-order valence-electron chi connectivity index (χ2n) is 18.4. The summed E-state index contributed by atoms with van der Waals surface area (Å²) in [7, 11) is 1.87. The van der Waals surface area contributed by atoms with E-state index in [9.17, 15) is 28.8 Å². The number of piperidine rings is 4. The maximum atomic E-state index is 13.5. The van der Waals surface area contributed by atoms with Crippen molar-refractivity contribution in [3.05, 3.63) is 0 Å². The van der Waals surface area contributed by atoms with Gasteiger partial charge in [-0.05, 0) is 103 Å². The fourth-order valence-electron chi connectivity index (χ4n) is 11.5. The molecule has 7 aliphatic heterocycles. The van der Waals surface area contributed by atoms with Gasteiger partial charge in [-0.2, -0.15) is 0 Å². The SMILES string of the molecule is CN1CCN([C@@H]2CCCN(C3CNC(C(N)=O)C(NC4CCCN(CC5CCN(C6CCC7C(=O)N([C@@H]8CCC(=O)NC8=O)C(=O)C7C6)CC5)CCNN4)C3)C2)C1=O. The predicted molar refractivity (Wildman–Crippen MR) is 213 cm³/mol. The minimum absolute atomic E-state index is 0.0179. The third-order valence-electron chi connectivity index (χ3n) is 14.8. The van der Waals surface area contributed by atoms with E-state index in [0.29, 0.717) is 25.3 Å². The van der Waals surface area contributed by atoms with E-state index in [1.54, 1.807) is 0 Å². The Morgan fingerprint density at radius 2 is 1.59 bits per heavy atom. The molecule has 0 aromatic heterocycles. The fraction of sp³-hybridized carbons (Fsp3) is 0.850. The lowest BCUT2D eigenvalue weighted by Gasteiger charge is -2.46. The number of imide groups is 2. The molecule has 8 aliphatic rings. The largest absolute Gasteiger partial charge is 0.368 e. The Balaban J connectivity index is 0.782. The number of primary amides is 1. The lowest BCUT2D eigenvalue weighted by atomic mass is 9.77. The quantitative estimate of drug-likeness (QED) is 0.142. The number of nitrogens with zero attached hydrogens (tertiary/aromatic N) is 6. The monoisotopic (exact) mass is 811 g/mol. The summed E-state index contributed by atoms with van der Waals surface area (Å²) < 4.78 is 0. The lowest BCUT2D eigenvalue weighted by molar-refractivity contribution is -0.151. The second kappa shape index (κ2) is 18.2. The van der Waals surface area contributed by atoms with Gasteiger partial charge < -0.3 is 30.7 Å². The Bertz CT molecular complexity index is 1560. The van der Waals surface area contributed by atoms with Crippen molar-refractivity contribution in [1.82, 2.24) is 56.2 Å². The van der Waals surface area contributed by atoms with E-state index in [4.69, 9.17) is 5.73 Å². The molecule has 58 heavy (non-hydrogen) atoms. The molecular formula is C40H66N12O6. The van der Waals surface area contributed by atoms with Crippen LogP contribution in [0.5, 0.6) is 0 Å². The summed E-state index contributed by atoms with van der Waals surface area (Å²) in [6.45, 7) is 9.86. The third-order valence-corrected chi connectivity index (χ3v) is 14.8. The molecule has 0 bridgehead atoms. The zero-order chi connectivity index (χ0) is 40.5. The number of urea groups is 1. The van der Waals surface area contributed by atoms with Crippen LogP contribution in [0.3, 0.4) is 0 Å². The van der Waals surface area contributed by atoms with Crippen LogP contribution in [-0.2, 0) is 24.0 Å². The number of nitrogens with two attached hydrogens (primary N) is 1. The van der Waals surface area contributed by atoms with Crippen LogP contribution < -0.4 is 32.5 Å². The van der Waals surface area contributed by atoms with E-state index in [-0.39, 0.29) is 84.7 Å². The number of carbonyl (C=O) groups excluding carboxylic acids is 6. The van der Waals surface area contributed by atoms with Gasteiger partial charge in [-0.3, -0.25) is 49.8 Å². The molecule has 1 saturated carbocycles. The first kappa shape index (κ1) is 41.5. The van der Waals surface area contributed by atoms with E-state index < -0.39 is 18.0 Å². The van der Waals surface area contributed by atoms with Crippen molar-refractivity contribution >= 4 is 35.6 Å². The van der Waals surface area contributed by atoms with Gasteiger partial charge in [0.05, 0.1) is 18.0 Å². The highest BCUT2D eigenvalue weighted by molar-refractivity contribution is 6.10. The molecular weight excluding hydrogens is 745 g/mol. The summed E-state index contributed by atoms with van der Waals surface area (Å²) in [6.07, 6.45) is 9.51. The van der Waals surface area contributed by atoms with Crippen LogP contribution in [0.25, 0.3) is 0 Å². The van der Waals surface area contributed by atoms with Crippen LogP contribution in [-0.4, -0.2) is 186 Å². The van der Waals surface area contributed by atoms with Crippen LogP contribution in [0.2, 0.25) is 0 Å². The number of amides is 7. The molecule has 18 nitrogen and oxygen atoms in total. The summed E-state index contributed by atoms with van der Waals surface area (Å²) >= 11 is 0. The molecule has 8 fully saturated rings. The number of rotatable bonds is 9. The summed E-state index contributed by atoms with van der Waals surface area (Å²) in [5.41, 5.74) is 12.9. The number of likely N-dealkylation sites (tertiary alicyclic amines) is 3. The van der Waals surface area contributed by atoms with Crippen LogP contribution >= 0.6 is 0 Å². The Kier molecular flexibility index (Phi) is 13.0. The van der Waals surface area contributed by atoms with E-state index in [1.807, 2.05) is 16.8 Å². The molecule has 0 radical (unpaired) electrons. The van der Waals surface area contributed by atoms with Gasteiger partial charge in [-0.25, -0.2) is 10.2 Å². The normalized spacial score (nSPS) is 37.1. The zero-order valence-corrected chi connectivity index (χ0v) is 34.2. The topological polar surface area (TPSA) is 208 Å². The third kappa shape index (κ3) is 8.93. The molecule has 0 aromatic rings. The van der Waals surface area contributed by atoms with Gasteiger partial charge in [-0.1, -0.05) is 0 Å². The van der Waals surface area contributed by atoms with Crippen molar-refractivity contribution in [3.63, 3.8) is 0 Å². The van der Waals surface area contributed by atoms with Crippen molar-refractivity contribution in [3.8, 4) is 0 Å². The Hall–Kier alpha value is -3.26. The summed E-state index contributed by atoms with van der Waals surface area (Å²) in [4.78, 5) is 89.1. The maximum absolute atomic E-state index is 13.5. The number of hydrogen-bond donors (Lipinski definition) is 6. The number of nitrogens with one attached hydrogen (secondary N) is 5. The number of hydrogen-bond acceptors (Lipinski definition) is 13. The van der Waals surface area contributed by atoms with Crippen molar-refractivity contribution in [1.29, 1.82) is 0 Å². The predicted octanol–water partition coefficient (Wildman–Crippen LogP) is -1.82. The second-order valence-corrected chi connectivity index (χ2v) is 18.4. The van der Waals surface area contributed by atoms with E-state index >= 15 is 0 Å². The van der Waals surface area contributed by atoms with Gasteiger partial charge >= 0.3 is 6.03 Å². The van der Waals surface area contributed by atoms with Crippen LogP contribution in [0, 0.1) is 17.8 Å². The van der Waals surface area contributed by atoms with Gasteiger partial charge in [0.1, 0.15) is 12.1 Å². The Morgan fingerprint density at radius 3 is 2.34 bits per heavy atom. The summed E-state index contributed by atoms with van der Waals surface area (Å²) in [5.74, 6) is -1.84. The van der Waals surface area contributed by atoms with Crippen molar-refractivity contribution in [2.24, 2.45) is 23.5 Å². The van der Waals surface area contributed by atoms with E-state index in [1.165, 1.54) is 4.90 Å². The minimum Gasteiger partial charge on any atom is -0.368 e. The maximum Gasteiger partial charge on any atom is 0.320 e. The van der Waals surface area contributed by atoms with Gasteiger partial charge in [0.15, 0.2) is 0 Å². The Morgan fingerprint density at radius 1 is 0.793 bits per heavy atom. The Labute approximate surface area is 342 Å². The standard InChI is InChI=1S/C40H66N12O6/c1-47-18-19-51(40(47)58)27-4-2-14-50(24-27)28-21-31(35(36(41)54)42-22-28)44-33-5-3-13-48(17-12-43-46-33)23-25-10-15-49(16-11-25)26-6-7-29-30(20-26)39(57)52(38(29)56)32-8-9-34(53)45-37(32)55/h25-33,35,42-44,46H,2-24H2,1H3,(H2,41,54)(H,45,53,55)/t26?,27-,28?,29?,30?,31?,32-,33?,35?/m1/s1. The molecule has 0 spiro atoms. The molecule has 9 atom stereocenters. The molecule has 7 unspecified atom stereocenters. The van der Waals surface area contributed by atoms with Gasteiger partial charge in [0, 0.05) is 83.4 Å². The first-order valence-corrected chi connectivity index (χ1v) is 22.2. The highest BCUT2D eigenvalue weighted by atomic mass is 16.2. The van der Waals surface area contributed by atoms with Gasteiger partial charge in [0.25, 0.3) is 0 Å². The summed E-state index contributed by atoms with van der Waals surface area (Å²) in [5, 5.41) is 9.55. The molecule has 7 saturated heterocycles. The number of fused-ring (bicyclic) bond motifs is 1. The number of likely N-dealkylation sites (N-methyl/N-ethyl adjacent to an activating group) is 1. The van der Waals surface area contributed by atoms with Gasteiger partial charge in [-0.15, -0.1) is 0 Å². The molecule has 7 N–H and O–H groups in total. The summed E-state index contributed by atoms with van der Waals surface area (Å²) in [6, 6.07) is -0.585. The van der Waals surface area contributed by atoms with Crippen molar-refractivity contribution in [2.75, 3.05) is 79.0 Å². The number of hydrazine groups is 1. The highest BCUT2D eigenvalue weighted by Crippen LogP contribution is 2.42. The average Bonchev–Trinajstić information content (AvgIpc) is 3.72. The number of carbonyl (C=O) groups is 6. The fourth-order valence-corrected chi connectivity index (χ4v) is 11.5. The van der Waals surface area contributed by atoms with Crippen LogP contribution in [0.15, 0.2) is 0 Å². The molecule has 0 aromatic carbocycles. The van der Waals surface area contributed by atoms with Crippen LogP contribution in [0.1, 0.15) is 77.0 Å². The average molecular weight is 811 g/mol. The zero-order valence-electron chi connectivity index (χ0n) is 34.2. The first-order chi connectivity index (χ1) is 28.0. The molecule has 322 valence electrons. The van der Waals surface area contributed by atoms with Crippen molar-refractivity contribution < 1.29 is 28.8 Å². The molecule has 7 heterocycles. The van der Waals surface area contributed by atoms with Crippen LogP contribution in [0.4, 0.5) is 4.79 Å². The van der Waals surface area contributed by atoms with E-state index in [2.05, 4.69) is 41.5 Å². The molecule has 1 aliphatic carbocycles.